The fourth-order valence-corrected chi connectivity index (χ4v) is 6.95. The van der Waals surface area contributed by atoms with Crippen LogP contribution in [0.15, 0.2) is 59.1 Å². The van der Waals surface area contributed by atoms with E-state index in [4.69, 9.17) is 10.7 Å². The number of thiophene rings is 1. The minimum atomic E-state index is -0.490. The summed E-state index contributed by atoms with van der Waals surface area (Å²) in [5.41, 5.74) is 10.4. The Hall–Kier alpha value is -3.03. The molecule has 190 valence electrons. The first-order valence-electron chi connectivity index (χ1n) is 12.6. The number of benzene rings is 2. The number of fused-ring (bicyclic) bond motifs is 2. The quantitative estimate of drug-likeness (QED) is 0.248. The molecule has 0 spiro atoms. The number of nitrogens with two attached hydrogens (primary N) is 1. The van der Waals surface area contributed by atoms with Crippen molar-refractivity contribution in [3.8, 4) is 11.3 Å². The molecule has 2 heterocycles. The molecule has 0 radical (unpaired) electrons. The van der Waals surface area contributed by atoms with E-state index in [9.17, 15) is 9.59 Å². The lowest BCUT2D eigenvalue weighted by Crippen LogP contribution is -2.29. The minimum Gasteiger partial charge on any atom is -0.365 e. The van der Waals surface area contributed by atoms with Gasteiger partial charge in [0.2, 0.25) is 0 Å². The fourth-order valence-electron chi connectivity index (χ4n) is 5.22. The number of carbonyl (C=O) groups excluding carboxylic acids is 2. The lowest BCUT2D eigenvalue weighted by molar-refractivity contribution is 0.0999. The van der Waals surface area contributed by atoms with Gasteiger partial charge in [0, 0.05) is 20.3 Å². The third-order valence-electron chi connectivity index (χ3n) is 7.84. The van der Waals surface area contributed by atoms with Crippen molar-refractivity contribution >= 4 is 55.0 Å². The van der Waals surface area contributed by atoms with E-state index in [1.807, 2.05) is 54.6 Å². The van der Waals surface area contributed by atoms with Crippen LogP contribution in [-0.2, 0) is 12.8 Å². The third kappa shape index (κ3) is 4.94. The van der Waals surface area contributed by atoms with Crippen molar-refractivity contribution in [1.29, 1.82) is 0 Å². The van der Waals surface area contributed by atoms with Crippen LogP contribution in [-0.4, -0.2) is 16.8 Å². The molecule has 37 heavy (non-hydrogen) atoms. The molecule has 0 saturated heterocycles. The highest BCUT2D eigenvalue weighted by Gasteiger charge is 2.35. The molecule has 1 atom stereocenters. The SMILES string of the molecule is CCC(C)(C)C1CCc2c(sc(NC(=O)c3cc(-c4cccc(Br)c4)nc4ccccc34)c2C(N)=O)C1. The molecule has 0 bridgehead atoms. The van der Waals surface area contributed by atoms with Crippen molar-refractivity contribution in [2.75, 3.05) is 5.32 Å². The molecule has 5 nitrogen and oxygen atoms in total. The number of para-hydroxylation sites is 1. The molecular weight excluding hydrogens is 546 g/mol. The highest BCUT2D eigenvalue weighted by molar-refractivity contribution is 9.10. The molecular formula is C30H30BrN3O2S. The first-order chi connectivity index (χ1) is 17.7. The van der Waals surface area contributed by atoms with Crippen molar-refractivity contribution in [3.63, 3.8) is 0 Å². The van der Waals surface area contributed by atoms with Gasteiger partial charge in [-0.1, -0.05) is 73.5 Å². The summed E-state index contributed by atoms with van der Waals surface area (Å²) in [6.45, 7) is 6.85. The van der Waals surface area contributed by atoms with Crippen LogP contribution in [0.1, 0.15) is 64.8 Å². The van der Waals surface area contributed by atoms with Crippen molar-refractivity contribution < 1.29 is 9.59 Å². The van der Waals surface area contributed by atoms with E-state index in [2.05, 4.69) is 42.0 Å². The summed E-state index contributed by atoms with van der Waals surface area (Å²) in [5, 5.41) is 4.36. The Kier molecular flexibility index (Phi) is 6.94. The molecule has 0 aliphatic heterocycles. The van der Waals surface area contributed by atoms with E-state index in [1.165, 1.54) is 11.3 Å². The number of aromatic nitrogens is 1. The summed E-state index contributed by atoms with van der Waals surface area (Å²) in [6.07, 6.45) is 3.82. The van der Waals surface area contributed by atoms with Gasteiger partial charge in [-0.2, -0.15) is 0 Å². The van der Waals surface area contributed by atoms with Crippen LogP contribution in [0.25, 0.3) is 22.2 Å². The molecule has 2 aromatic carbocycles. The second-order valence-corrected chi connectivity index (χ2v) is 12.4. The standard InChI is InChI=1S/C30H30BrN3O2S/c1-4-30(2,3)18-12-13-21-25(15-18)37-29(26(21)27(32)35)34-28(36)22-16-24(17-8-7-9-19(31)14-17)33-23-11-6-5-10-20(22)23/h5-11,14,16,18H,4,12-13,15H2,1-3H3,(H2,32,35)(H,34,36). The third-order valence-corrected chi connectivity index (χ3v) is 9.50. The van der Waals surface area contributed by atoms with Gasteiger partial charge < -0.3 is 11.1 Å². The Morgan fingerprint density at radius 3 is 2.68 bits per heavy atom. The molecule has 1 aliphatic rings. The van der Waals surface area contributed by atoms with Crippen molar-refractivity contribution in [3.05, 3.63) is 80.6 Å². The Balaban J connectivity index is 1.54. The van der Waals surface area contributed by atoms with E-state index in [0.29, 0.717) is 27.7 Å². The number of anilines is 1. The topological polar surface area (TPSA) is 85.1 Å². The summed E-state index contributed by atoms with van der Waals surface area (Å²) in [5.74, 6) is -0.235. The van der Waals surface area contributed by atoms with Gasteiger partial charge in [0.05, 0.1) is 22.3 Å². The van der Waals surface area contributed by atoms with E-state index in [1.54, 1.807) is 0 Å². The van der Waals surface area contributed by atoms with Gasteiger partial charge in [0.25, 0.3) is 11.8 Å². The van der Waals surface area contributed by atoms with Crippen LogP contribution in [0.2, 0.25) is 0 Å². The Bertz CT molecular complexity index is 1520. The second-order valence-electron chi connectivity index (χ2n) is 10.4. The number of hydrogen-bond donors (Lipinski definition) is 2. The van der Waals surface area contributed by atoms with Gasteiger partial charge in [0.1, 0.15) is 5.00 Å². The smallest absolute Gasteiger partial charge is 0.257 e. The molecule has 1 aliphatic carbocycles. The van der Waals surface area contributed by atoms with Crippen LogP contribution in [0, 0.1) is 11.3 Å². The van der Waals surface area contributed by atoms with E-state index < -0.39 is 5.91 Å². The molecule has 1 unspecified atom stereocenters. The molecule has 0 fully saturated rings. The van der Waals surface area contributed by atoms with Gasteiger partial charge >= 0.3 is 0 Å². The van der Waals surface area contributed by atoms with E-state index >= 15 is 0 Å². The number of amides is 2. The van der Waals surface area contributed by atoms with Crippen molar-refractivity contribution in [2.45, 2.75) is 46.5 Å². The maximum absolute atomic E-state index is 13.7. The van der Waals surface area contributed by atoms with Crippen LogP contribution >= 0.6 is 27.3 Å². The number of nitrogens with zero attached hydrogens (tertiary/aromatic N) is 1. The summed E-state index contributed by atoms with van der Waals surface area (Å²) < 4.78 is 0.936. The predicted molar refractivity (Wildman–Crippen MR) is 155 cm³/mol. The maximum atomic E-state index is 13.7. The number of rotatable bonds is 6. The maximum Gasteiger partial charge on any atom is 0.257 e. The van der Waals surface area contributed by atoms with Gasteiger partial charge in [0.15, 0.2) is 0 Å². The monoisotopic (exact) mass is 575 g/mol. The number of nitrogens with one attached hydrogen (secondary N) is 1. The number of primary amides is 1. The zero-order chi connectivity index (χ0) is 26.3. The molecule has 5 rings (SSSR count). The summed E-state index contributed by atoms with van der Waals surface area (Å²) in [7, 11) is 0. The molecule has 7 heteroatoms. The highest BCUT2D eigenvalue weighted by Crippen LogP contribution is 2.45. The van der Waals surface area contributed by atoms with Gasteiger partial charge in [-0.15, -0.1) is 11.3 Å². The van der Waals surface area contributed by atoms with Crippen LogP contribution in [0.5, 0.6) is 0 Å². The van der Waals surface area contributed by atoms with Crippen molar-refractivity contribution in [2.24, 2.45) is 17.1 Å². The molecule has 4 aromatic rings. The van der Waals surface area contributed by atoms with Gasteiger partial charge in [-0.05, 0) is 60.4 Å². The lowest BCUT2D eigenvalue weighted by atomic mass is 9.69. The van der Waals surface area contributed by atoms with Crippen LogP contribution < -0.4 is 11.1 Å². The lowest BCUT2D eigenvalue weighted by Gasteiger charge is -2.36. The highest BCUT2D eigenvalue weighted by atomic mass is 79.9. The summed E-state index contributed by atoms with van der Waals surface area (Å²) in [6, 6.07) is 17.3. The summed E-state index contributed by atoms with van der Waals surface area (Å²) in [4.78, 5) is 32.3. The molecule has 0 saturated carbocycles. The van der Waals surface area contributed by atoms with Crippen molar-refractivity contribution in [1.82, 2.24) is 4.98 Å². The fraction of sp³-hybridized carbons (Fsp3) is 0.300. The zero-order valence-electron chi connectivity index (χ0n) is 21.2. The molecule has 2 amide bonds. The number of hydrogen-bond acceptors (Lipinski definition) is 4. The van der Waals surface area contributed by atoms with Crippen LogP contribution in [0.3, 0.4) is 0 Å². The normalized spacial score (nSPS) is 15.4. The Morgan fingerprint density at radius 2 is 1.95 bits per heavy atom. The molecule has 3 N–H and O–H groups in total. The average Bonchev–Trinajstić information content (AvgIpc) is 3.25. The number of pyridine rings is 1. The van der Waals surface area contributed by atoms with E-state index in [0.717, 1.165) is 57.1 Å². The number of halogens is 1. The second kappa shape index (κ2) is 10.0. The zero-order valence-corrected chi connectivity index (χ0v) is 23.6. The largest absolute Gasteiger partial charge is 0.365 e. The first-order valence-corrected chi connectivity index (χ1v) is 14.2. The average molecular weight is 577 g/mol. The summed E-state index contributed by atoms with van der Waals surface area (Å²) >= 11 is 5.02. The molecule has 2 aromatic heterocycles. The first kappa shape index (κ1) is 25.6. The van der Waals surface area contributed by atoms with Crippen LogP contribution in [0.4, 0.5) is 5.00 Å². The van der Waals surface area contributed by atoms with E-state index in [-0.39, 0.29) is 11.3 Å². The predicted octanol–water partition coefficient (Wildman–Crippen LogP) is 7.62. The minimum absolute atomic E-state index is 0.219. The van der Waals surface area contributed by atoms with Gasteiger partial charge in [-0.25, -0.2) is 4.98 Å². The number of carbonyl (C=O) groups is 2. The van der Waals surface area contributed by atoms with Gasteiger partial charge in [-0.3, -0.25) is 9.59 Å². The Morgan fingerprint density at radius 1 is 1.16 bits per heavy atom. The Labute approximate surface area is 229 Å².